The van der Waals surface area contributed by atoms with Gasteiger partial charge < -0.3 is 9.84 Å². The minimum absolute atomic E-state index is 0.0174. The van der Waals surface area contributed by atoms with Crippen LogP contribution in [0, 0.1) is 0 Å². The van der Waals surface area contributed by atoms with Crippen LogP contribution in [0.5, 0.6) is 5.75 Å². The van der Waals surface area contributed by atoms with Crippen molar-refractivity contribution in [2.24, 2.45) is 12.1 Å². The Balaban J connectivity index is 1.82. The molecule has 1 aromatic heterocycles. The van der Waals surface area contributed by atoms with Gasteiger partial charge in [-0.1, -0.05) is 56.6 Å². The van der Waals surface area contributed by atoms with Crippen LogP contribution < -0.4 is 5.43 Å². The summed E-state index contributed by atoms with van der Waals surface area (Å²) in [5, 5.41) is 19.4. The molecule has 178 valence electrons. The first-order valence-corrected chi connectivity index (χ1v) is 10.9. The third-order valence-corrected chi connectivity index (χ3v) is 5.66. The molecule has 3 rings (SSSR count). The molecule has 0 saturated heterocycles. The van der Waals surface area contributed by atoms with E-state index in [-0.39, 0.29) is 33.0 Å². The van der Waals surface area contributed by atoms with Crippen LogP contribution in [0.15, 0.2) is 47.6 Å². The van der Waals surface area contributed by atoms with Gasteiger partial charge in [-0.2, -0.15) is 10.2 Å². The highest BCUT2D eigenvalue weighted by Crippen LogP contribution is 2.33. The number of ether oxygens (including phenoxy) is 1. The van der Waals surface area contributed by atoms with Crippen LogP contribution in [-0.2, 0) is 17.2 Å². The highest BCUT2D eigenvalue weighted by Gasteiger charge is 2.21. The SMILES string of the molecule is COC(=O)c1ccc(C(=O)NN=C(C)c2nn(C)c(-c3ccc(C(C)(C)C)cc3)c2O)cc1Cl. The number of hydrogen-bond donors (Lipinski definition) is 2. The molecule has 0 aliphatic rings. The molecule has 34 heavy (non-hydrogen) atoms. The van der Waals surface area contributed by atoms with Gasteiger partial charge in [-0.3, -0.25) is 9.48 Å². The summed E-state index contributed by atoms with van der Waals surface area (Å²) < 4.78 is 6.21. The third kappa shape index (κ3) is 5.12. The largest absolute Gasteiger partial charge is 0.504 e. The number of methoxy groups -OCH3 is 1. The average Bonchev–Trinajstić information content (AvgIpc) is 3.09. The van der Waals surface area contributed by atoms with E-state index < -0.39 is 11.9 Å². The van der Waals surface area contributed by atoms with E-state index in [1.807, 2.05) is 24.3 Å². The van der Waals surface area contributed by atoms with Crippen molar-refractivity contribution in [3.8, 4) is 17.0 Å². The molecular weight excluding hydrogens is 456 g/mol. The number of hydrogen-bond acceptors (Lipinski definition) is 6. The van der Waals surface area contributed by atoms with Gasteiger partial charge >= 0.3 is 5.97 Å². The standard InChI is InChI=1S/C25H27ClN4O4/c1-14(27-28-23(32)16-9-12-18(19(26)13-16)24(33)34-6)20-22(31)21(30(5)29-20)15-7-10-17(11-8-15)25(2,3)4/h7-13,31H,1-6H3,(H,28,32). The second kappa shape index (κ2) is 9.69. The average molecular weight is 483 g/mol. The number of carbonyl (C=O) groups excluding carboxylic acids is 2. The number of carbonyl (C=O) groups is 2. The quantitative estimate of drug-likeness (QED) is 0.312. The number of amides is 1. The molecule has 0 aliphatic heterocycles. The molecule has 0 atom stereocenters. The molecule has 1 amide bonds. The third-order valence-electron chi connectivity index (χ3n) is 5.35. The van der Waals surface area contributed by atoms with Crippen LogP contribution in [0.4, 0.5) is 0 Å². The normalized spacial score (nSPS) is 11.9. The number of hydrazone groups is 1. The summed E-state index contributed by atoms with van der Waals surface area (Å²) in [6, 6.07) is 12.1. The number of halogens is 1. The Morgan fingerprint density at radius 1 is 1.15 bits per heavy atom. The fourth-order valence-corrected chi connectivity index (χ4v) is 3.65. The molecule has 1 heterocycles. The van der Waals surface area contributed by atoms with Crippen molar-refractivity contribution in [1.29, 1.82) is 0 Å². The van der Waals surface area contributed by atoms with Crippen molar-refractivity contribution < 1.29 is 19.4 Å². The maximum absolute atomic E-state index is 12.5. The maximum Gasteiger partial charge on any atom is 0.339 e. The Bertz CT molecular complexity index is 1270. The Morgan fingerprint density at radius 2 is 1.79 bits per heavy atom. The van der Waals surface area contributed by atoms with Crippen molar-refractivity contribution in [3.63, 3.8) is 0 Å². The molecule has 0 fully saturated rings. The molecule has 0 saturated carbocycles. The van der Waals surface area contributed by atoms with Crippen LogP contribution in [0.1, 0.15) is 59.7 Å². The lowest BCUT2D eigenvalue weighted by atomic mass is 9.86. The van der Waals surface area contributed by atoms with Crippen molar-refractivity contribution in [2.75, 3.05) is 7.11 Å². The lowest BCUT2D eigenvalue weighted by Gasteiger charge is -2.19. The zero-order chi connectivity index (χ0) is 25.2. The first-order chi connectivity index (χ1) is 15.9. The van der Waals surface area contributed by atoms with E-state index in [1.165, 1.54) is 30.9 Å². The molecule has 9 heteroatoms. The molecule has 0 radical (unpaired) electrons. The minimum Gasteiger partial charge on any atom is -0.504 e. The van der Waals surface area contributed by atoms with Crippen molar-refractivity contribution in [2.45, 2.75) is 33.1 Å². The predicted octanol–water partition coefficient (Wildman–Crippen LogP) is 4.68. The van der Waals surface area contributed by atoms with Gasteiger partial charge in [-0.05, 0) is 36.1 Å². The summed E-state index contributed by atoms with van der Waals surface area (Å²) in [5.41, 5.74) is 5.89. The number of benzene rings is 2. The van der Waals surface area contributed by atoms with E-state index in [4.69, 9.17) is 11.6 Å². The summed E-state index contributed by atoms with van der Waals surface area (Å²) in [4.78, 5) is 24.1. The van der Waals surface area contributed by atoms with Crippen LogP contribution >= 0.6 is 11.6 Å². The van der Waals surface area contributed by atoms with Gasteiger partial charge in [0.25, 0.3) is 5.91 Å². The number of esters is 1. The number of nitrogens with zero attached hydrogens (tertiary/aromatic N) is 3. The summed E-state index contributed by atoms with van der Waals surface area (Å²) >= 11 is 6.08. The van der Waals surface area contributed by atoms with Crippen molar-refractivity contribution in [1.82, 2.24) is 15.2 Å². The van der Waals surface area contributed by atoms with Crippen molar-refractivity contribution >= 4 is 29.2 Å². The Hall–Kier alpha value is -3.65. The maximum atomic E-state index is 12.5. The van der Waals surface area contributed by atoms with Gasteiger partial charge in [0.1, 0.15) is 5.69 Å². The van der Waals surface area contributed by atoms with Crippen LogP contribution in [0.25, 0.3) is 11.3 Å². The number of aromatic nitrogens is 2. The molecule has 0 bridgehead atoms. The monoisotopic (exact) mass is 482 g/mol. The highest BCUT2D eigenvalue weighted by molar-refractivity contribution is 6.34. The smallest absolute Gasteiger partial charge is 0.339 e. The molecule has 8 nitrogen and oxygen atoms in total. The van der Waals surface area contributed by atoms with E-state index in [0.717, 1.165) is 5.56 Å². The van der Waals surface area contributed by atoms with Gasteiger partial charge in [0.15, 0.2) is 11.4 Å². The minimum atomic E-state index is -0.597. The topological polar surface area (TPSA) is 106 Å². The Kier molecular flexibility index (Phi) is 7.12. The van der Waals surface area contributed by atoms with Gasteiger partial charge in [0.2, 0.25) is 0 Å². The van der Waals surface area contributed by atoms with Crippen molar-refractivity contribution in [3.05, 3.63) is 69.9 Å². The number of rotatable bonds is 5. The molecule has 2 N–H and O–H groups in total. The Morgan fingerprint density at radius 3 is 2.35 bits per heavy atom. The van der Waals surface area contributed by atoms with Gasteiger partial charge in [-0.25, -0.2) is 10.2 Å². The number of aryl methyl sites for hydroxylation is 1. The summed E-state index contributed by atoms with van der Waals surface area (Å²) in [6.07, 6.45) is 0. The predicted molar refractivity (Wildman–Crippen MR) is 131 cm³/mol. The zero-order valence-corrected chi connectivity index (χ0v) is 20.7. The van der Waals surface area contributed by atoms with E-state index >= 15 is 0 Å². The number of nitrogens with one attached hydrogen (secondary N) is 1. The van der Waals surface area contributed by atoms with Gasteiger partial charge in [0, 0.05) is 18.2 Å². The molecule has 2 aromatic carbocycles. The molecule has 0 unspecified atom stereocenters. The van der Waals surface area contributed by atoms with E-state index in [2.05, 4.69) is 41.1 Å². The first-order valence-electron chi connectivity index (χ1n) is 10.5. The van der Waals surface area contributed by atoms with E-state index in [0.29, 0.717) is 11.4 Å². The molecule has 0 aliphatic carbocycles. The molecule has 3 aromatic rings. The fourth-order valence-electron chi connectivity index (χ4n) is 3.39. The van der Waals surface area contributed by atoms with E-state index in [9.17, 15) is 14.7 Å². The highest BCUT2D eigenvalue weighted by atomic mass is 35.5. The second-order valence-electron chi connectivity index (χ2n) is 8.82. The van der Waals surface area contributed by atoms with Gasteiger partial charge in [-0.15, -0.1) is 0 Å². The zero-order valence-electron chi connectivity index (χ0n) is 19.9. The van der Waals surface area contributed by atoms with Crippen LogP contribution in [0.3, 0.4) is 0 Å². The first kappa shape index (κ1) is 25.0. The van der Waals surface area contributed by atoms with Crippen LogP contribution in [-0.4, -0.2) is 39.6 Å². The lowest BCUT2D eigenvalue weighted by Crippen LogP contribution is -2.20. The van der Waals surface area contributed by atoms with Crippen LogP contribution in [0.2, 0.25) is 5.02 Å². The molecular formula is C25H27ClN4O4. The second-order valence-corrected chi connectivity index (χ2v) is 9.23. The fraction of sp³-hybridized carbons (Fsp3) is 0.280. The van der Waals surface area contributed by atoms with E-state index in [1.54, 1.807) is 18.7 Å². The van der Waals surface area contributed by atoms with Gasteiger partial charge in [0.05, 0.1) is 23.4 Å². The number of aromatic hydroxyl groups is 1. The Labute approximate surface area is 203 Å². The summed E-state index contributed by atoms with van der Waals surface area (Å²) in [5.74, 6) is -1.17. The lowest BCUT2D eigenvalue weighted by molar-refractivity contribution is 0.0600. The molecule has 0 spiro atoms. The summed E-state index contributed by atoms with van der Waals surface area (Å²) in [7, 11) is 2.98. The summed E-state index contributed by atoms with van der Waals surface area (Å²) in [6.45, 7) is 8.04.